The van der Waals surface area contributed by atoms with E-state index in [1.807, 2.05) is 18.2 Å². The van der Waals surface area contributed by atoms with Crippen LogP contribution in [0.15, 0.2) is 65.8 Å². The Labute approximate surface area is 167 Å². The van der Waals surface area contributed by atoms with Crippen LogP contribution in [0.3, 0.4) is 0 Å². The fourth-order valence-electron chi connectivity index (χ4n) is 3.35. The number of ether oxygens (including phenoxy) is 1. The molecule has 0 saturated carbocycles. The molecule has 4 aromatic rings. The largest absolute Gasteiger partial charge is 0.496 e. The number of benzene rings is 3. The van der Waals surface area contributed by atoms with Crippen LogP contribution in [0.4, 0.5) is 0 Å². The third-order valence-corrected chi connectivity index (χ3v) is 4.96. The summed E-state index contributed by atoms with van der Waals surface area (Å²) < 4.78 is 7.37. The highest BCUT2D eigenvalue weighted by atomic mass is 35.5. The second-order valence-corrected chi connectivity index (χ2v) is 6.83. The minimum Gasteiger partial charge on any atom is -0.496 e. The molecule has 0 unspecified atom stereocenters. The molecule has 1 heterocycles. The smallest absolute Gasteiger partial charge is 0.275 e. The van der Waals surface area contributed by atoms with Crippen LogP contribution in [0, 0.1) is 0 Å². The Hall–Kier alpha value is -3.31. The highest BCUT2D eigenvalue weighted by molar-refractivity contribution is 6.31. The normalized spacial score (nSPS) is 11.4. The molecule has 0 spiro atoms. The number of aryl methyl sites for hydroxylation is 1. The second kappa shape index (κ2) is 7.37. The average molecular weight is 392 g/mol. The van der Waals surface area contributed by atoms with Gasteiger partial charge in [-0.05, 0) is 42.0 Å². The molecule has 28 heavy (non-hydrogen) atoms. The van der Waals surface area contributed by atoms with E-state index in [2.05, 4.69) is 46.4 Å². The highest BCUT2D eigenvalue weighted by Crippen LogP contribution is 2.28. The van der Waals surface area contributed by atoms with Crippen LogP contribution in [0.5, 0.6) is 5.75 Å². The molecule has 3 aromatic carbocycles. The molecule has 0 aliphatic carbocycles. The summed E-state index contributed by atoms with van der Waals surface area (Å²) in [7, 11) is 3.56. The molecular formula is C22H18ClN3O2. The van der Waals surface area contributed by atoms with Gasteiger partial charge in [-0.15, -0.1) is 0 Å². The zero-order valence-corrected chi connectivity index (χ0v) is 16.2. The van der Waals surface area contributed by atoms with E-state index < -0.39 is 0 Å². The van der Waals surface area contributed by atoms with Gasteiger partial charge in [0.15, 0.2) is 0 Å². The Morgan fingerprint density at radius 3 is 2.68 bits per heavy atom. The highest BCUT2D eigenvalue weighted by Gasteiger charge is 2.12. The van der Waals surface area contributed by atoms with Crippen molar-refractivity contribution in [2.24, 2.45) is 12.1 Å². The van der Waals surface area contributed by atoms with Crippen molar-refractivity contribution in [2.45, 2.75) is 0 Å². The first-order valence-corrected chi connectivity index (χ1v) is 9.10. The molecule has 0 atom stereocenters. The quantitative estimate of drug-likeness (QED) is 0.403. The van der Waals surface area contributed by atoms with Crippen LogP contribution in [0.2, 0.25) is 5.02 Å². The van der Waals surface area contributed by atoms with Gasteiger partial charge < -0.3 is 9.30 Å². The van der Waals surface area contributed by atoms with Crippen molar-refractivity contribution in [2.75, 3.05) is 7.11 Å². The number of carbonyl (C=O) groups is 1. The van der Waals surface area contributed by atoms with Crippen LogP contribution >= 0.6 is 11.6 Å². The van der Waals surface area contributed by atoms with Crippen molar-refractivity contribution < 1.29 is 9.53 Å². The van der Waals surface area contributed by atoms with Crippen molar-refractivity contribution in [3.63, 3.8) is 0 Å². The van der Waals surface area contributed by atoms with Crippen molar-refractivity contribution >= 4 is 45.5 Å². The molecular weight excluding hydrogens is 374 g/mol. The topological polar surface area (TPSA) is 55.6 Å². The van der Waals surface area contributed by atoms with E-state index in [-0.39, 0.29) is 5.91 Å². The lowest BCUT2D eigenvalue weighted by atomic mass is 10.1. The van der Waals surface area contributed by atoms with Crippen molar-refractivity contribution in [3.05, 3.63) is 76.8 Å². The third kappa shape index (κ3) is 3.21. The van der Waals surface area contributed by atoms with Crippen LogP contribution in [-0.2, 0) is 7.05 Å². The Morgan fingerprint density at radius 1 is 1.07 bits per heavy atom. The number of rotatable bonds is 4. The molecule has 0 aliphatic rings. The minimum absolute atomic E-state index is 0.330. The third-order valence-electron chi connectivity index (χ3n) is 4.72. The van der Waals surface area contributed by atoms with Gasteiger partial charge >= 0.3 is 0 Å². The number of hydrazone groups is 1. The van der Waals surface area contributed by atoms with E-state index >= 15 is 0 Å². The number of halogens is 1. The minimum atomic E-state index is -0.387. The van der Waals surface area contributed by atoms with E-state index in [0.29, 0.717) is 16.3 Å². The number of nitrogens with zero attached hydrogens (tertiary/aromatic N) is 2. The average Bonchev–Trinajstić information content (AvgIpc) is 3.00. The Kier molecular flexibility index (Phi) is 4.75. The van der Waals surface area contributed by atoms with Gasteiger partial charge in [-0.2, -0.15) is 5.10 Å². The van der Waals surface area contributed by atoms with Crippen molar-refractivity contribution in [1.29, 1.82) is 0 Å². The van der Waals surface area contributed by atoms with Gasteiger partial charge in [0.25, 0.3) is 5.91 Å². The number of methoxy groups -OCH3 is 1. The van der Waals surface area contributed by atoms with Gasteiger partial charge in [0.2, 0.25) is 0 Å². The summed E-state index contributed by atoms with van der Waals surface area (Å²) in [6.45, 7) is 0. The number of fused-ring (bicyclic) bond motifs is 3. The molecule has 0 fully saturated rings. The lowest BCUT2D eigenvalue weighted by Crippen LogP contribution is -2.18. The number of nitrogens with one attached hydrogen (secondary N) is 1. The number of amides is 1. The van der Waals surface area contributed by atoms with Gasteiger partial charge in [-0.25, -0.2) is 5.43 Å². The standard InChI is InChI=1S/C22H18ClN3O2/c1-26-19-6-4-3-5-16(19)17-11-14(7-9-20(17)26)13-24-25-22(27)18-12-15(23)8-10-21(18)28-2/h3-13H,1-2H3,(H,25,27). The van der Waals surface area contributed by atoms with Crippen LogP contribution in [0.25, 0.3) is 21.8 Å². The molecule has 0 bridgehead atoms. The number of hydrogen-bond acceptors (Lipinski definition) is 3. The van der Waals surface area contributed by atoms with Crippen molar-refractivity contribution in [1.82, 2.24) is 9.99 Å². The fourth-order valence-corrected chi connectivity index (χ4v) is 3.52. The number of carbonyl (C=O) groups excluding carboxylic acids is 1. The van der Waals surface area contributed by atoms with Crippen LogP contribution in [0.1, 0.15) is 15.9 Å². The lowest BCUT2D eigenvalue weighted by molar-refractivity contribution is 0.0952. The second-order valence-electron chi connectivity index (χ2n) is 6.40. The molecule has 5 nitrogen and oxygen atoms in total. The van der Waals surface area contributed by atoms with Gasteiger partial charge in [-0.3, -0.25) is 4.79 Å². The Morgan fingerprint density at radius 2 is 1.86 bits per heavy atom. The monoisotopic (exact) mass is 391 g/mol. The van der Waals surface area contributed by atoms with Crippen LogP contribution < -0.4 is 10.2 Å². The fraction of sp³-hybridized carbons (Fsp3) is 0.0909. The van der Waals surface area contributed by atoms with E-state index in [1.54, 1.807) is 24.4 Å². The summed E-state index contributed by atoms with van der Waals surface area (Å²) in [5.74, 6) is 0.0520. The number of hydrogen-bond donors (Lipinski definition) is 1. The van der Waals surface area contributed by atoms with Gasteiger partial charge in [0.05, 0.1) is 18.9 Å². The maximum atomic E-state index is 12.4. The van der Waals surface area contributed by atoms with E-state index in [1.165, 1.54) is 18.0 Å². The molecule has 0 saturated heterocycles. The molecule has 1 N–H and O–H groups in total. The maximum Gasteiger partial charge on any atom is 0.275 e. The zero-order valence-electron chi connectivity index (χ0n) is 15.4. The maximum absolute atomic E-state index is 12.4. The van der Waals surface area contributed by atoms with Crippen LogP contribution in [-0.4, -0.2) is 23.8 Å². The predicted octanol–water partition coefficient (Wildman–Crippen LogP) is 4.76. The lowest BCUT2D eigenvalue weighted by Gasteiger charge is -2.07. The van der Waals surface area contributed by atoms with E-state index in [0.717, 1.165) is 16.5 Å². The summed E-state index contributed by atoms with van der Waals surface area (Å²) in [5, 5.41) is 6.87. The van der Waals surface area contributed by atoms with Gasteiger partial charge in [0, 0.05) is 33.9 Å². The number of para-hydroxylation sites is 1. The summed E-state index contributed by atoms with van der Waals surface area (Å²) in [6.07, 6.45) is 1.62. The van der Waals surface area contributed by atoms with Gasteiger partial charge in [-0.1, -0.05) is 35.9 Å². The molecule has 4 rings (SSSR count). The van der Waals surface area contributed by atoms with Crippen molar-refractivity contribution in [3.8, 4) is 5.75 Å². The Bertz CT molecular complexity index is 1230. The first-order valence-electron chi connectivity index (χ1n) is 8.72. The summed E-state index contributed by atoms with van der Waals surface area (Å²) in [5.41, 5.74) is 6.07. The zero-order chi connectivity index (χ0) is 19.7. The summed E-state index contributed by atoms with van der Waals surface area (Å²) in [4.78, 5) is 12.4. The molecule has 0 radical (unpaired) electrons. The predicted molar refractivity (Wildman–Crippen MR) is 113 cm³/mol. The SMILES string of the molecule is COc1ccc(Cl)cc1C(=O)NN=Cc1ccc2c(c1)c1ccccc1n2C. The van der Waals surface area contributed by atoms with E-state index in [9.17, 15) is 4.79 Å². The van der Waals surface area contributed by atoms with Gasteiger partial charge in [0.1, 0.15) is 5.75 Å². The Balaban J connectivity index is 1.60. The first-order chi connectivity index (χ1) is 13.6. The summed E-state index contributed by atoms with van der Waals surface area (Å²) >= 11 is 5.98. The molecule has 140 valence electrons. The molecule has 6 heteroatoms. The molecule has 0 aliphatic heterocycles. The molecule has 1 aromatic heterocycles. The van der Waals surface area contributed by atoms with E-state index in [4.69, 9.17) is 16.3 Å². The first kappa shape index (κ1) is 18.1. The molecule has 1 amide bonds. The summed E-state index contributed by atoms with van der Waals surface area (Å²) in [6, 6.07) is 19.2. The number of aromatic nitrogens is 1.